The number of aliphatic hydroxyl groups is 1. The molecule has 90 valence electrons. The van der Waals surface area contributed by atoms with E-state index in [0.717, 1.165) is 25.2 Å². The fourth-order valence-electron chi connectivity index (χ4n) is 1.41. The fourth-order valence-corrected chi connectivity index (χ4v) is 1.41. The molecule has 0 spiro atoms. The van der Waals surface area contributed by atoms with Crippen LogP contribution in [0, 0.1) is 0 Å². The second-order valence-electron chi connectivity index (χ2n) is 3.45. The molecular weight excluding hydrogens is 206 g/mol. The normalized spacial score (nSPS) is 10.2. The van der Waals surface area contributed by atoms with Crippen molar-refractivity contribution in [3.05, 3.63) is 12.3 Å². The first-order chi connectivity index (χ1) is 7.81. The minimum atomic E-state index is 0.110. The van der Waals surface area contributed by atoms with Gasteiger partial charge in [0.1, 0.15) is 5.82 Å². The van der Waals surface area contributed by atoms with Gasteiger partial charge in [-0.1, -0.05) is 13.3 Å². The maximum Gasteiger partial charge on any atom is 0.239 e. The van der Waals surface area contributed by atoms with E-state index in [0.29, 0.717) is 12.5 Å². The summed E-state index contributed by atoms with van der Waals surface area (Å²) in [6.07, 6.45) is 3.82. The third kappa shape index (κ3) is 3.63. The highest BCUT2D eigenvalue weighted by molar-refractivity contribution is 5.41. The van der Waals surface area contributed by atoms with Gasteiger partial charge in [0, 0.05) is 19.3 Å². The summed E-state index contributed by atoms with van der Waals surface area (Å²) >= 11 is 0. The Kier molecular flexibility index (Phi) is 5.52. The van der Waals surface area contributed by atoms with E-state index in [1.807, 2.05) is 11.0 Å². The maximum absolute atomic E-state index is 9.00. The average Bonchev–Trinajstić information content (AvgIpc) is 2.34. The van der Waals surface area contributed by atoms with Gasteiger partial charge < -0.3 is 10.0 Å². The van der Waals surface area contributed by atoms with Crippen LogP contribution in [0.5, 0.6) is 0 Å². The number of anilines is 2. The number of nitrogens with zero attached hydrogens (tertiary/aromatic N) is 3. The number of hydrogen-bond acceptors (Lipinski definition) is 6. The zero-order chi connectivity index (χ0) is 11.8. The van der Waals surface area contributed by atoms with E-state index < -0.39 is 0 Å². The molecule has 6 nitrogen and oxygen atoms in total. The molecule has 0 aliphatic carbocycles. The Morgan fingerprint density at radius 3 is 2.94 bits per heavy atom. The largest absolute Gasteiger partial charge is 0.395 e. The average molecular weight is 225 g/mol. The number of hydrazine groups is 1. The summed E-state index contributed by atoms with van der Waals surface area (Å²) in [7, 11) is 0. The molecule has 0 radical (unpaired) electrons. The van der Waals surface area contributed by atoms with E-state index in [9.17, 15) is 0 Å². The standard InChI is InChI=1S/C10H19N5O/c1-2-3-6-15(7-8-16)9-4-5-12-10(13-9)14-11/h4-5,16H,2-3,6-8,11H2,1H3,(H,12,13,14). The van der Waals surface area contributed by atoms with Crippen LogP contribution in [0.25, 0.3) is 0 Å². The first-order valence-electron chi connectivity index (χ1n) is 5.47. The van der Waals surface area contributed by atoms with Gasteiger partial charge >= 0.3 is 0 Å². The lowest BCUT2D eigenvalue weighted by Gasteiger charge is -2.22. The van der Waals surface area contributed by atoms with Crippen LogP contribution in [-0.4, -0.2) is 34.8 Å². The van der Waals surface area contributed by atoms with E-state index in [-0.39, 0.29) is 6.61 Å². The Labute approximate surface area is 95.5 Å². The summed E-state index contributed by atoms with van der Waals surface area (Å²) in [6.45, 7) is 3.68. The van der Waals surface area contributed by atoms with Crippen LogP contribution in [0.2, 0.25) is 0 Å². The Hall–Kier alpha value is -1.40. The smallest absolute Gasteiger partial charge is 0.239 e. The molecule has 0 unspecified atom stereocenters. The first kappa shape index (κ1) is 12.7. The van der Waals surface area contributed by atoms with Crippen LogP contribution in [0.1, 0.15) is 19.8 Å². The second kappa shape index (κ2) is 6.97. The summed E-state index contributed by atoms with van der Waals surface area (Å²) in [5, 5.41) is 9.00. The zero-order valence-electron chi connectivity index (χ0n) is 9.56. The highest BCUT2D eigenvalue weighted by Crippen LogP contribution is 2.12. The van der Waals surface area contributed by atoms with Gasteiger partial charge in [-0.3, -0.25) is 5.43 Å². The van der Waals surface area contributed by atoms with Gasteiger partial charge in [0.05, 0.1) is 6.61 Å². The van der Waals surface area contributed by atoms with Crippen molar-refractivity contribution in [2.75, 3.05) is 30.0 Å². The molecule has 1 heterocycles. The molecule has 0 bridgehead atoms. The van der Waals surface area contributed by atoms with Crippen LogP contribution in [0.3, 0.4) is 0 Å². The SMILES string of the molecule is CCCCN(CCO)c1ccnc(NN)n1. The Morgan fingerprint density at radius 1 is 1.50 bits per heavy atom. The van der Waals surface area contributed by atoms with Crippen molar-refractivity contribution < 1.29 is 5.11 Å². The molecule has 0 atom stereocenters. The molecule has 0 amide bonds. The Bertz CT molecular complexity index is 307. The highest BCUT2D eigenvalue weighted by Gasteiger charge is 2.07. The number of rotatable bonds is 7. The second-order valence-corrected chi connectivity index (χ2v) is 3.45. The fraction of sp³-hybridized carbons (Fsp3) is 0.600. The molecule has 1 aromatic heterocycles. The number of aliphatic hydroxyl groups excluding tert-OH is 1. The molecule has 0 aliphatic rings. The van der Waals surface area contributed by atoms with Gasteiger partial charge in [-0.25, -0.2) is 10.8 Å². The predicted molar refractivity (Wildman–Crippen MR) is 64.0 cm³/mol. The number of unbranched alkanes of at least 4 members (excludes halogenated alkanes) is 1. The van der Waals surface area contributed by atoms with Crippen molar-refractivity contribution in [3.8, 4) is 0 Å². The monoisotopic (exact) mass is 225 g/mol. The lowest BCUT2D eigenvalue weighted by Crippen LogP contribution is -2.29. The number of nitrogens with one attached hydrogen (secondary N) is 1. The number of nitrogens with two attached hydrogens (primary N) is 1. The first-order valence-corrected chi connectivity index (χ1v) is 5.47. The van der Waals surface area contributed by atoms with E-state index in [1.165, 1.54) is 0 Å². The molecule has 4 N–H and O–H groups in total. The van der Waals surface area contributed by atoms with Gasteiger partial charge in [0.2, 0.25) is 5.95 Å². The zero-order valence-corrected chi connectivity index (χ0v) is 9.56. The molecule has 0 aliphatic heterocycles. The van der Waals surface area contributed by atoms with Crippen molar-refractivity contribution in [3.63, 3.8) is 0 Å². The van der Waals surface area contributed by atoms with Gasteiger partial charge in [0.25, 0.3) is 0 Å². The van der Waals surface area contributed by atoms with E-state index in [4.69, 9.17) is 10.9 Å². The molecule has 1 aromatic rings. The van der Waals surface area contributed by atoms with Crippen molar-refractivity contribution in [2.24, 2.45) is 5.84 Å². The molecule has 1 rings (SSSR count). The van der Waals surface area contributed by atoms with Crippen molar-refractivity contribution in [1.82, 2.24) is 9.97 Å². The Morgan fingerprint density at radius 2 is 2.31 bits per heavy atom. The summed E-state index contributed by atoms with van der Waals surface area (Å²) < 4.78 is 0. The molecule has 0 fully saturated rings. The van der Waals surface area contributed by atoms with Crippen molar-refractivity contribution >= 4 is 11.8 Å². The summed E-state index contributed by atoms with van der Waals surface area (Å²) in [5.41, 5.74) is 2.41. The van der Waals surface area contributed by atoms with Crippen LogP contribution in [0.4, 0.5) is 11.8 Å². The number of aromatic nitrogens is 2. The maximum atomic E-state index is 9.00. The third-order valence-corrected chi connectivity index (χ3v) is 2.25. The minimum Gasteiger partial charge on any atom is -0.395 e. The summed E-state index contributed by atoms with van der Waals surface area (Å²) in [4.78, 5) is 10.2. The molecular formula is C10H19N5O. The van der Waals surface area contributed by atoms with Gasteiger partial charge in [-0.05, 0) is 12.5 Å². The minimum absolute atomic E-state index is 0.110. The van der Waals surface area contributed by atoms with Crippen LogP contribution >= 0.6 is 0 Å². The van der Waals surface area contributed by atoms with E-state index in [1.54, 1.807) is 6.20 Å². The van der Waals surface area contributed by atoms with Crippen LogP contribution in [-0.2, 0) is 0 Å². The molecule has 0 saturated heterocycles. The lowest BCUT2D eigenvalue weighted by molar-refractivity contribution is 0.301. The predicted octanol–water partition coefficient (Wildman–Crippen LogP) is 0.361. The van der Waals surface area contributed by atoms with Crippen molar-refractivity contribution in [1.29, 1.82) is 0 Å². The topological polar surface area (TPSA) is 87.3 Å². The van der Waals surface area contributed by atoms with Gasteiger partial charge in [-0.15, -0.1) is 0 Å². The summed E-state index contributed by atoms with van der Waals surface area (Å²) in [6, 6.07) is 1.81. The summed E-state index contributed by atoms with van der Waals surface area (Å²) in [5.74, 6) is 6.42. The third-order valence-electron chi connectivity index (χ3n) is 2.25. The van der Waals surface area contributed by atoms with Crippen molar-refractivity contribution in [2.45, 2.75) is 19.8 Å². The molecule has 16 heavy (non-hydrogen) atoms. The highest BCUT2D eigenvalue weighted by atomic mass is 16.3. The number of hydrogen-bond donors (Lipinski definition) is 3. The molecule has 0 aromatic carbocycles. The van der Waals surface area contributed by atoms with Crippen LogP contribution in [0.15, 0.2) is 12.3 Å². The Balaban J connectivity index is 2.73. The van der Waals surface area contributed by atoms with E-state index >= 15 is 0 Å². The molecule has 6 heteroatoms. The number of nitrogen functional groups attached to an aromatic ring is 1. The van der Waals surface area contributed by atoms with Crippen LogP contribution < -0.4 is 16.2 Å². The van der Waals surface area contributed by atoms with E-state index in [2.05, 4.69) is 22.3 Å². The van der Waals surface area contributed by atoms with Gasteiger partial charge in [0.15, 0.2) is 0 Å². The quantitative estimate of drug-likeness (QED) is 0.459. The van der Waals surface area contributed by atoms with Gasteiger partial charge in [-0.2, -0.15) is 4.98 Å². The molecule has 0 saturated carbocycles. The lowest BCUT2D eigenvalue weighted by atomic mass is 10.3.